The standard InChI is InChI=1S/C17H21N3OS/c1-2-10-20(11-8-14-5-3-4-9-18-14)17(21)16-15(13-6-7-13)19-12-22-16/h3-5,9,12-13H,2,6-8,10-11H2,1H3. The average molecular weight is 315 g/mol. The highest BCUT2D eigenvalue weighted by atomic mass is 32.1. The summed E-state index contributed by atoms with van der Waals surface area (Å²) >= 11 is 1.48. The van der Waals surface area contributed by atoms with E-state index in [0.717, 1.165) is 35.7 Å². The molecule has 1 fully saturated rings. The molecule has 0 bridgehead atoms. The normalized spacial score (nSPS) is 14.0. The number of pyridine rings is 1. The molecule has 5 heteroatoms. The fourth-order valence-corrected chi connectivity index (χ4v) is 3.43. The highest BCUT2D eigenvalue weighted by molar-refractivity contribution is 7.11. The summed E-state index contributed by atoms with van der Waals surface area (Å²) in [6.07, 6.45) is 5.91. The quantitative estimate of drug-likeness (QED) is 0.785. The van der Waals surface area contributed by atoms with Crippen LogP contribution in [0.15, 0.2) is 29.9 Å². The Kier molecular flexibility index (Phi) is 4.83. The van der Waals surface area contributed by atoms with Gasteiger partial charge in [-0.25, -0.2) is 4.98 Å². The summed E-state index contributed by atoms with van der Waals surface area (Å²) in [5, 5.41) is 0. The Labute approximate surface area is 135 Å². The first-order valence-corrected chi connectivity index (χ1v) is 8.80. The predicted octanol–water partition coefficient (Wildman–Crippen LogP) is 3.51. The lowest BCUT2D eigenvalue weighted by Gasteiger charge is -2.21. The van der Waals surface area contributed by atoms with Gasteiger partial charge in [-0.1, -0.05) is 13.0 Å². The van der Waals surface area contributed by atoms with E-state index in [0.29, 0.717) is 12.5 Å². The zero-order valence-electron chi connectivity index (χ0n) is 12.9. The molecular weight excluding hydrogens is 294 g/mol. The molecule has 2 aromatic heterocycles. The topological polar surface area (TPSA) is 46.1 Å². The molecule has 3 rings (SSSR count). The molecule has 0 saturated heterocycles. The molecular formula is C17H21N3OS. The second-order valence-electron chi connectivity index (χ2n) is 5.70. The lowest BCUT2D eigenvalue weighted by Crippen LogP contribution is -2.33. The summed E-state index contributed by atoms with van der Waals surface area (Å²) in [7, 11) is 0. The minimum atomic E-state index is 0.141. The van der Waals surface area contributed by atoms with Gasteiger partial charge in [0.15, 0.2) is 0 Å². The highest BCUT2D eigenvalue weighted by Crippen LogP contribution is 2.42. The number of amides is 1. The zero-order valence-corrected chi connectivity index (χ0v) is 13.7. The molecule has 1 saturated carbocycles. The lowest BCUT2D eigenvalue weighted by molar-refractivity contribution is 0.0760. The molecule has 2 heterocycles. The van der Waals surface area contributed by atoms with Crippen molar-refractivity contribution in [2.24, 2.45) is 0 Å². The molecule has 2 aromatic rings. The van der Waals surface area contributed by atoms with Crippen LogP contribution in [-0.2, 0) is 6.42 Å². The fraction of sp³-hybridized carbons (Fsp3) is 0.471. The lowest BCUT2D eigenvalue weighted by atomic mass is 10.2. The van der Waals surface area contributed by atoms with Crippen molar-refractivity contribution in [1.29, 1.82) is 0 Å². The summed E-state index contributed by atoms with van der Waals surface area (Å²) in [6.45, 7) is 3.61. The van der Waals surface area contributed by atoms with Crippen molar-refractivity contribution >= 4 is 17.2 Å². The smallest absolute Gasteiger partial charge is 0.265 e. The number of aromatic nitrogens is 2. The first kappa shape index (κ1) is 15.2. The van der Waals surface area contributed by atoms with Gasteiger partial charge in [0.25, 0.3) is 5.91 Å². The largest absolute Gasteiger partial charge is 0.338 e. The average Bonchev–Trinajstić information content (AvgIpc) is 3.28. The third-order valence-corrected chi connectivity index (χ3v) is 4.73. The van der Waals surface area contributed by atoms with Crippen LogP contribution in [0.3, 0.4) is 0 Å². The van der Waals surface area contributed by atoms with Crippen LogP contribution in [0.2, 0.25) is 0 Å². The molecule has 0 N–H and O–H groups in total. The molecule has 0 atom stereocenters. The number of carbonyl (C=O) groups is 1. The van der Waals surface area contributed by atoms with Crippen LogP contribution in [0, 0.1) is 0 Å². The van der Waals surface area contributed by atoms with Gasteiger partial charge in [0.2, 0.25) is 0 Å². The fourth-order valence-electron chi connectivity index (χ4n) is 2.59. The van der Waals surface area contributed by atoms with Crippen molar-refractivity contribution in [1.82, 2.24) is 14.9 Å². The molecule has 0 aromatic carbocycles. The van der Waals surface area contributed by atoms with E-state index < -0.39 is 0 Å². The van der Waals surface area contributed by atoms with Crippen molar-refractivity contribution in [3.63, 3.8) is 0 Å². The van der Waals surface area contributed by atoms with Gasteiger partial charge in [-0.15, -0.1) is 11.3 Å². The Balaban J connectivity index is 1.69. The van der Waals surface area contributed by atoms with E-state index in [1.807, 2.05) is 28.6 Å². The van der Waals surface area contributed by atoms with Gasteiger partial charge in [0.1, 0.15) is 4.88 Å². The Hall–Kier alpha value is -1.75. The predicted molar refractivity (Wildman–Crippen MR) is 88.2 cm³/mol. The van der Waals surface area contributed by atoms with Crippen molar-refractivity contribution in [2.75, 3.05) is 13.1 Å². The van der Waals surface area contributed by atoms with Crippen molar-refractivity contribution in [3.05, 3.63) is 46.2 Å². The molecule has 4 nitrogen and oxygen atoms in total. The highest BCUT2D eigenvalue weighted by Gasteiger charge is 2.32. The number of thiazole rings is 1. The van der Waals surface area contributed by atoms with Crippen LogP contribution in [-0.4, -0.2) is 33.9 Å². The number of carbonyl (C=O) groups excluding carboxylic acids is 1. The number of nitrogens with zero attached hydrogens (tertiary/aromatic N) is 3. The van der Waals surface area contributed by atoms with E-state index in [4.69, 9.17) is 0 Å². The van der Waals surface area contributed by atoms with Crippen molar-refractivity contribution < 1.29 is 4.79 Å². The van der Waals surface area contributed by atoms with Crippen LogP contribution in [0.25, 0.3) is 0 Å². The monoisotopic (exact) mass is 315 g/mol. The SMILES string of the molecule is CCCN(CCc1ccccn1)C(=O)c1scnc1C1CC1. The number of hydrogen-bond acceptors (Lipinski definition) is 4. The summed E-state index contributed by atoms with van der Waals surface area (Å²) in [6, 6.07) is 5.91. The van der Waals surface area contributed by atoms with Gasteiger partial charge in [-0.3, -0.25) is 9.78 Å². The van der Waals surface area contributed by atoms with Gasteiger partial charge < -0.3 is 4.90 Å². The van der Waals surface area contributed by atoms with E-state index in [-0.39, 0.29) is 5.91 Å². The Morgan fingerprint density at radius 1 is 1.32 bits per heavy atom. The summed E-state index contributed by atoms with van der Waals surface area (Å²) in [4.78, 5) is 24.4. The van der Waals surface area contributed by atoms with E-state index >= 15 is 0 Å². The second kappa shape index (κ2) is 7.01. The maximum Gasteiger partial charge on any atom is 0.265 e. The first-order valence-electron chi connectivity index (χ1n) is 7.92. The molecule has 0 aliphatic heterocycles. The van der Waals surface area contributed by atoms with Crippen molar-refractivity contribution in [3.8, 4) is 0 Å². The molecule has 22 heavy (non-hydrogen) atoms. The molecule has 0 radical (unpaired) electrons. The van der Waals surface area contributed by atoms with Crippen LogP contribution < -0.4 is 0 Å². The summed E-state index contributed by atoms with van der Waals surface area (Å²) < 4.78 is 0. The maximum atomic E-state index is 12.8. The summed E-state index contributed by atoms with van der Waals surface area (Å²) in [5.74, 6) is 0.659. The Bertz CT molecular complexity index is 622. The van der Waals surface area contributed by atoms with Crippen LogP contribution >= 0.6 is 11.3 Å². The van der Waals surface area contributed by atoms with E-state index in [9.17, 15) is 4.79 Å². The third-order valence-electron chi connectivity index (χ3n) is 3.90. The van der Waals surface area contributed by atoms with Gasteiger partial charge in [0, 0.05) is 37.3 Å². The summed E-state index contributed by atoms with van der Waals surface area (Å²) in [5.41, 5.74) is 3.86. The molecule has 116 valence electrons. The number of hydrogen-bond donors (Lipinski definition) is 0. The minimum absolute atomic E-state index is 0.141. The molecule has 0 spiro atoms. The molecule has 0 unspecified atom stereocenters. The number of rotatable bonds is 7. The van der Waals surface area contributed by atoms with E-state index in [1.54, 1.807) is 6.20 Å². The van der Waals surface area contributed by atoms with E-state index in [1.165, 1.54) is 24.2 Å². The molecule has 1 aliphatic carbocycles. The van der Waals surface area contributed by atoms with Gasteiger partial charge in [-0.2, -0.15) is 0 Å². The van der Waals surface area contributed by atoms with E-state index in [2.05, 4.69) is 16.9 Å². The van der Waals surface area contributed by atoms with Crippen LogP contribution in [0.4, 0.5) is 0 Å². The Morgan fingerprint density at radius 3 is 2.86 bits per heavy atom. The minimum Gasteiger partial charge on any atom is -0.338 e. The molecule has 1 amide bonds. The maximum absolute atomic E-state index is 12.8. The van der Waals surface area contributed by atoms with Gasteiger partial charge in [-0.05, 0) is 31.4 Å². The third kappa shape index (κ3) is 3.53. The first-order chi connectivity index (χ1) is 10.8. The van der Waals surface area contributed by atoms with Crippen LogP contribution in [0.1, 0.15) is 53.2 Å². The second-order valence-corrected chi connectivity index (χ2v) is 6.56. The van der Waals surface area contributed by atoms with Gasteiger partial charge in [0.05, 0.1) is 11.2 Å². The molecule has 1 aliphatic rings. The van der Waals surface area contributed by atoms with Crippen molar-refractivity contribution in [2.45, 2.75) is 38.5 Å². The zero-order chi connectivity index (χ0) is 15.4. The van der Waals surface area contributed by atoms with Gasteiger partial charge >= 0.3 is 0 Å². The Morgan fingerprint density at radius 2 is 2.18 bits per heavy atom. The van der Waals surface area contributed by atoms with Crippen LogP contribution in [0.5, 0.6) is 0 Å².